The molecule has 0 amide bonds. The van der Waals surface area contributed by atoms with E-state index in [1.807, 2.05) is 0 Å². The van der Waals surface area contributed by atoms with E-state index in [0.29, 0.717) is 11.1 Å². The molecule has 19 heavy (non-hydrogen) atoms. The van der Waals surface area contributed by atoms with Crippen LogP contribution in [0.5, 0.6) is 0 Å². The van der Waals surface area contributed by atoms with Crippen molar-refractivity contribution in [1.82, 2.24) is 0 Å². The highest BCUT2D eigenvalue weighted by Gasteiger charge is 2.29. The molecule has 0 saturated heterocycles. The number of hydrogen-bond donors (Lipinski definition) is 0. The number of ether oxygens (including phenoxy) is 1. The topological polar surface area (TPSA) is 26.3 Å². The minimum absolute atomic E-state index is 0.219. The van der Waals surface area contributed by atoms with E-state index in [1.165, 1.54) is 36.4 Å². The number of benzene rings is 2. The maximum absolute atomic E-state index is 13.7. The number of fused-ring (bicyclic) bond motifs is 1. The van der Waals surface area contributed by atoms with Gasteiger partial charge in [-0.05, 0) is 29.8 Å². The maximum Gasteiger partial charge on any atom is 0.339 e. The molecule has 4 heteroatoms. The molecule has 1 unspecified atom stereocenters. The molecule has 0 bridgehead atoms. The maximum atomic E-state index is 13.7. The summed E-state index contributed by atoms with van der Waals surface area (Å²) in [5.74, 6) is -1.42. The molecule has 1 heterocycles. The lowest BCUT2D eigenvalue weighted by molar-refractivity contribution is 0.0247. The van der Waals surface area contributed by atoms with Gasteiger partial charge in [-0.15, -0.1) is 0 Å². The number of carbonyl (C=O) groups excluding carboxylic acids is 1. The molecule has 1 atom stereocenters. The molecule has 3 rings (SSSR count). The number of hydrogen-bond acceptors (Lipinski definition) is 2. The lowest BCUT2D eigenvalue weighted by Gasteiger charge is -2.25. The first kappa shape index (κ1) is 11.8. The van der Waals surface area contributed by atoms with Crippen LogP contribution in [0, 0.1) is 11.6 Å². The zero-order valence-electron chi connectivity index (χ0n) is 9.90. The molecular formula is C15H10F2O2. The average molecular weight is 260 g/mol. The first-order valence-electron chi connectivity index (χ1n) is 5.89. The van der Waals surface area contributed by atoms with Crippen LogP contribution in [0.1, 0.15) is 27.6 Å². The first-order chi connectivity index (χ1) is 9.15. The van der Waals surface area contributed by atoms with Gasteiger partial charge in [0.2, 0.25) is 0 Å². The fourth-order valence-electron chi connectivity index (χ4n) is 2.27. The van der Waals surface area contributed by atoms with Crippen LogP contribution in [0.4, 0.5) is 8.78 Å². The molecular weight excluding hydrogens is 250 g/mol. The van der Waals surface area contributed by atoms with E-state index in [0.717, 1.165) is 0 Å². The minimum atomic E-state index is -0.646. The van der Waals surface area contributed by atoms with Crippen molar-refractivity contribution in [2.75, 3.05) is 0 Å². The van der Waals surface area contributed by atoms with Gasteiger partial charge in [0, 0.05) is 12.0 Å². The molecule has 0 radical (unpaired) electrons. The quantitative estimate of drug-likeness (QED) is 0.734. The standard InChI is InChI=1S/C15H10F2O2/c16-10-4-1-3-9(7-10)14-8-12-11(15(18)19-14)5-2-6-13(12)17/h1-7,14H,8H2. The molecule has 0 fully saturated rings. The summed E-state index contributed by atoms with van der Waals surface area (Å²) in [5.41, 5.74) is 1.10. The third-order valence-corrected chi connectivity index (χ3v) is 3.20. The Kier molecular flexibility index (Phi) is 2.78. The molecule has 2 aromatic carbocycles. The number of carbonyl (C=O) groups is 1. The van der Waals surface area contributed by atoms with Crippen LogP contribution in [-0.4, -0.2) is 5.97 Å². The fraction of sp³-hybridized carbons (Fsp3) is 0.133. The summed E-state index contributed by atoms with van der Waals surface area (Å²) in [6, 6.07) is 10.1. The van der Waals surface area contributed by atoms with Gasteiger partial charge in [0.15, 0.2) is 0 Å². The highest BCUT2D eigenvalue weighted by Crippen LogP contribution is 2.31. The summed E-state index contributed by atoms with van der Waals surface area (Å²) in [6.07, 6.45) is -0.426. The second-order valence-corrected chi connectivity index (χ2v) is 4.42. The highest BCUT2D eigenvalue weighted by atomic mass is 19.1. The van der Waals surface area contributed by atoms with Crippen LogP contribution < -0.4 is 0 Å². The lowest BCUT2D eigenvalue weighted by Crippen LogP contribution is -2.22. The van der Waals surface area contributed by atoms with Gasteiger partial charge in [0.25, 0.3) is 0 Å². The summed E-state index contributed by atoms with van der Waals surface area (Å²) >= 11 is 0. The molecule has 2 nitrogen and oxygen atoms in total. The monoisotopic (exact) mass is 260 g/mol. The van der Waals surface area contributed by atoms with E-state index in [1.54, 1.807) is 6.07 Å². The summed E-state index contributed by atoms with van der Waals surface area (Å²) < 4.78 is 32.1. The van der Waals surface area contributed by atoms with E-state index in [4.69, 9.17) is 4.74 Å². The van der Waals surface area contributed by atoms with Crippen LogP contribution in [-0.2, 0) is 11.2 Å². The summed E-state index contributed by atoms with van der Waals surface area (Å²) in [7, 11) is 0. The van der Waals surface area contributed by atoms with Crippen molar-refractivity contribution in [3.05, 3.63) is 70.8 Å². The van der Waals surface area contributed by atoms with Crippen molar-refractivity contribution < 1.29 is 18.3 Å². The van der Waals surface area contributed by atoms with Gasteiger partial charge in [0.05, 0.1) is 5.56 Å². The van der Waals surface area contributed by atoms with Gasteiger partial charge >= 0.3 is 5.97 Å². The normalized spacial score (nSPS) is 17.8. The fourth-order valence-corrected chi connectivity index (χ4v) is 2.27. The van der Waals surface area contributed by atoms with Crippen molar-refractivity contribution in [2.24, 2.45) is 0 Å². The van der Waals surface area contributed by atoms with Crippen LogP contribution >= 0.6 is 0 Å². The van der Waals surface area contributed by atoms with Crippen LogP contribution in [0.15, 0.2) is 42.5 Å². The largest absolute Gasteiger partial charge is 0.454 e. The number of rotatable bonds is 1. The lowest BCUT2D eigenvalue weighted by atomic mass is 9.94. The molecule has 2 aromatic rings. The van der Waals surface area contributed by atoms with Gasteiger partial charge in [-0.2, -0.15) is 0 Å². The van der Waals surface area contributed by atoms with E-state index in [-0.39, 0.29) is 12.0 Å². The Labute approximate surface area is 108 Å². The molecule has 0 aliphatic carbocycles. The van der Waals surface area contributed by atoms with Gasteiger partial charge in [0.1, 0.15) is 17.7 Å². The van der Waals surface area contributed by atoms with E-state index >= 15 is 0 Å². The number of esters is 1. The molecule has 0 N–H and O–H groups in total. The Balaban J connectivity index is 2.01. The number of cyclic esters (lactones) is 1. The molecule has 0 aromatic heterocycles. The van der Waals surface area contributed by atoms with Crippen molar-refractivity contribution in [2.45, 2.75) is 12.5 Å². The predicted molar refractivity (Wildman–Crippen MR) is 64.7 cm³/mol. The van der Waals surface area contributed by atoms with Crippen LogP contribution in [0.3, 0.4) is 0 Å². The van der Waals surface area contributed by atoms with Crippen molar-refractivity contribution >= 4 is 5.97 Å². The van der Waals surface area contributed by atoms with Crippen LogP contribution in [0.25, 0.3) is 0 Å². The van der Waals surface area contributed by atoms with Crippen molar-refractivity contribution in [3.63, 3.8) is 0 Å². The zero-order valence-corrected chi connectivity index (χ0v) is 9.90. The van der Waals surface area contributed by atoms with E-state index in [9.17, 15) is 13.6 Å². The van der Waals surface area contributed by atoms with E-state index in [2.05, 4.69) is 0 Å². The minimum Gasteiger partial charge on any atom is -0.454 e. The molecule has 1 aliphatic heterocycles. The molecule has 0 saturated carbocycles. The summed E-state index contributed by atoms with van der Waals surface area (Å²) in [4.78, 5) is 11.8. The first-order valence-corrected chi connectivity index (χ1v) is 5.89. The second-order valence-electron chi connectivity index (χ2n) is 4.42. The Morgan fingerprint density at radius 3 is 2.68 bits per heavy atom. The van der Waals surface area contributed by atoms with Crippen molar-refractivity contribution in [1.29, 1.82) is 0 Å². The molecule has 96 valence electrons. The number of halogens is 2. The Bertz CT molecular complexity index is 652. The van der Waals surface area contributed by atoms with Gasteiger partial charge in [-0.3, -0.25) is 0 Å². The highest BCUT2D eigenvalue weighted by molar-refractivity contribution is 5.92. The molecule has 1 aliphatic rings. The van der Waals surface area contributed by atoms with Gasteiger partial charge in [-0.1, -0.05) is 18.2 Å². The molecule has 0 spiro atoms. The van der Waals surface area contributed by atoms with Gasteiger partial charge < -0.3 is 4.74 Å². The Morgan fingerprint density at radius 2 is 1.89 bits per heavy atom. The average Bonchev–Trinajstić information content (AvgIpc) is 2.40. The summed E-state index contributed by atoms with van der Waals surface area (Å²) in [5, 5.41) is 0. The smallest absolute Gasteiger partial charge is 0.339 e. The second kappa shape index (κ2) is 4.46. The summed E-state index contributed by atoms with van der Waals surface area (Å²) in [6.45, 7) is 0. The van der Waals surface area contributed by atoms with Gasteiger partial charge in [-0.25, -0.2) is 13.6 Å². The Hall–Kier alpha value is -2.23. The van der Waals surface area contributed by atoms with Crippen LogP contribution in [0.2, 0.25) is 0 Å². The SMILES string of the molecule is O=C1OC(c2cccc(F)c2)Cc2c(F)cccc21. The third kappa shape index (κ3) is 2.10. The Morgan fingerprint density at radius 1 is 1.11 bits per heavy atom. The van der Waals surface area contributed by atoms with Crippen molar-refractivity contribution in [3.8, 4) is 0 Å². The predicted octanol–water partition coefficient (Wildman–Crippen LogP) is 3.42. The third-order valence-electron chi connectivity index (χ3n) is 3.20. The zero-order chi connectivity index (χ0) is 13.4. The van der Waals surface area contributed by atoms with E-state index < -0.39 is 23.7 Å².